The molecule has 1 saturated heterocycles. The second-order valence-corrected chi connectivity index (χ2v) is 6.14. The van der Waals surface area contributed by atoms with E-state index >= 15 is 0 Å². The first-order chi connectivity index (χ1) is 12.5. The summed E-state index contributed by atoms with van der Waals surface area (Å²) in [6, 6.07) is 9.89. The average molecular weight is 352 g/mol. The molecule has 134 valence electrons. The number of benzene rings is 1. The van der Waals surface area contributed by atoms with Gasteiger partial charge in [-0.15, -0.1) is 0 Å². The first-order valence-electron chi connectivity index (χ1n) is 8.47. The second kappa shape index (κ2) is 7.77. The van der Waals surface area contributed by atoms with Crippen LogP contribution in [0.2, 0.25) is 0 Å². The third-order valence-corrected chi connectivity index (χ3v) is 4.10. The predicted molar refractivity (Wildman–Crippen MR) is 98.1 cm³/mol. The highest BCUT2D eigenvalue weighted by Crippen LogP contribution is 2.16. The molecule has 1 aromatic heterocycles. The van der Waals surface area contributed by atoms with Gasteiger partial charge >= 0.3 is 0 Å². The molecule has 0 bridgehead atoms. The molecule has 1 aliphatic heterocycles. The van der Waals surface area contributed by atoms with Crippen molar-refractivity contribution in [3.05, 3.63) is 53.9 Å². The van der Waals surface area contributed by atoms with Gasteiger partial charge in [-0.1, -0.05) is 0 Å². The minimum Gasteiger partial charge on any atom is -0.339 e. The van der Waals surface area contributed by atoms with Gasteiger partial charge in [0.1, 0.15) is 5.69 Å². The highest BCUT2D eigenvalue weighted by molar-refractivity contribution is 6.05. The van der Waals surface area contributed by atoms with Crippen molar-refractivity contribution in [1.29, 1.82) is 0 Å². The van der Waals surface area contributed by atoms with Gasteiger partial charge in [0, 0.05) is 43.1 Å². The Hall–Kier alpha value is -3.22. The number of hydrogen-bond acceptors (Lipinski definition) is 4. The molecular formula is C19H20N4O3. The van der Waals surface area contributed by atoms with Gasteiger partial charge in [-0.05, 0) is 49.2 Å². The Labute approximate surface area is 151 Å². The molecule has 7 nitrogen and oxygen atoms in total. The first kappa shape index (κ1) is 17.6. The summed E-state index contributed by atoms with van der Waals surface area (Å²) in [5.41, 5.74) is 1.86. The first-order valence-corrected chi connectivity index (χ1v) is 8.47. The van der Waals surface area contributed by atoms with E-state index in [1.165, 1.54) is 19.2 Å². The molecule has 2 N–H and O–H groups in total. The zero-order chi connectivity index (χ0) is 18.5. The molecule has 0 radical (unpaired) electrons. The molecule has 1 aromatic carbocycles. The normalized spacial score (nSPS) is 13.3. The van der Waals surface area contributed by atoms with Crippen LogP contribution in [0.15, 0.2) is 42.6 Å². The van der Waals surface area contributed by atoms with E-state index in [0.717, 1.165) is 25.9 Å². The molecule has 0 unspecified atom stereocenters. The number of likely N-dealkylation sites (tertiary alicyclic amines) is 1. The fourth-order valence-electron chi connectivity index (χ4n) is 2.83. The number of amides is 3. The fraction of sp³-hybridized carbons (Fsp3) is 0.263. The van der Waals surface area contributed by atoms with Crippen LogP contribution in [0.5, 0.6) is 0 Å². The van der Waals surface area contributed by atoms with E-state index in [2.05, 4.69) is 15.6 Å². The van der Waals surface area contributed by atoms with E-state index in [1.807, 2.05) is 0 Å². The summed E-state index contributed by atoms with van der Waals surface area (Å²) in [5, 5.41) is 5.39. The van der Waals surface area contributed by atoms with Gasteiger partial charge in [-0.25, -0.2) is 0 Å². The number of rotatable bonds is 4. The molecule has 3 rings (SSSR count). The summed E-state index contributed by atoms with van der Waals surface area (Å²) in [4.78, 5) is 41.7. The number of aromatic nitrogens is 1. The number of anilines is 2. The lowest BCUT2D eigenvalue weighted by Crippen LogP contribution is -2.28. The van der Waals surface area contributed by atoms with Gasteiger partial charge < -0.3 is 15.5 Å². The molecule has 0 spiro atoms. The van der Waals surface area contributed by atoms with Gasteiger partial charge in [-0.3, -0.25) is 19.4 Å². The van der Waals surface area contributed by atoms with Crippen molar-refractivity contribution in [1.82, 2.24) is 9.88 Å². The van der Waals surface area contributed by atoms with E-state index in [1.54, 1.807) is 35.2 Å². The zero-order valence-corrected chi connectivity index (χ0v) is 14.5. The maximum Gasteiger partial charge on any atom is 0.274 e. The number of nitrogens with one attached hydrogen (secondary N) is 2. The molecule has 3 amide bonds. The number of pyridine rings is 1. The van der Waals surface area contributed by atoms with Gasteiger partial charge in [0.25, 0.3) is 11.8 Å². The molecule has 1 fully saturated rings. The summed E-state index contributed by atoms with van der Waals surface area (Å²) in [6.07, 6.45) is 3.50. The van der Waals surface area contributed by atoms with Crippen molar-refractivity contribution in [2.45, 2.75) is 19.8 Å². The van der Waals surface area contributed by atoms with Crippen LogP contribution in [-0.2, 0) is 4.79 Å². The maximum atomic E-state index is 12.4. The zero-order valence-electron chi connectivity index (χ0n) is 14.5. The minimum absolute atomic E-state index is 0.0707. The number of hydrogen-bond donors (Lipinski definition) is 2. The lowest BCUT2D eigenvalue weighted by molar-refractivity contribution is -0.114. The lowest BCUT2D eigenvalue weighted by atomic mass is 10.2. The van der Waals surface area contributed by atoms with Gasteiger partial charge in [-0.2, -0.15) is 0 Å². The Balaban J connectivity index is 1.68. The van der Waals surface area contributed by atoms with Crippen LogP contribution >= 0.6 is 0 Å². The van der Waals surface area contributed by atoms with Gasteiger partial charge in [0.05, 0.1) is 0 Å². The monoisotopic (exact) mass is 352 g/mol. The Kier molecular flexibility index (Phi) is 5.26. The van der Waals surface area contributed by atoms with Crippen LogP contribution < -0.4 is 10.6 Å². The van der Waals surface area contributed by atoms with Gasteiger partial charge in [0.15, 0.2) is 0 Å². The number of nitrogens with zero attached hydrogens (tertiary/aromatic N) is 2. The molecule has 2 aromatic rings. The van der Waals surface area contributed by atoms with Crippen LogP contribution in [-0.4, -0.2) is 40.7 Å². The Morgan fingerprint density at radius 2 is 1.58 bits per heavy atom. The predicted octanol–water partition coefficient (Wildman–Crippen LogP) is 2.53. The summed E-state index contributed by atoms with van der Waals surface area (Å²) in [6.45, 7) is 2.93. The second-order valence-electron chi connectivity index (χ2n) is 6.14. The van der Waals surface area contributed by atoms with E-state index in [-0.39, 0.29) is 17.5 Å². The van der Waals surface area contributed by atoms with Crippen molar-refractivity contribution < 1.29 is 14.4 Å². The van der Waals surface area contributed by atoms with Crippen molar-refractivity contribution in [2.75, 3.05) is 23.7 Å². The van der Waals surface area contributed by atoms with E-state index < -0.39 is 5.91 Å². The third kappa shape index (κ3) is 4.24. The van der Waals surface area contributed by atoms with Crippen LogP contribution in [0.1, 0.15) is 40.6 Å². The van der Waals surface area contributed by atoms with Gasteiger partial charge in [0.2, 0.25) is 5.91 Å². The molecule has 0 saturated carbocycles. The Morgan fingerprint density at radius 1 is 0.962 bits per heavy atom. The van der Waals surface area contributed by atoms with Crippen LogP contribution in [0.4, 0.5) is 11.4 Å². The molecule has 2 heterocycles. The fourth-order valence-corrected chi connectivity index (χ4v) is 2.83. The smallest absolute Gasteiger partial charge is 0.274 e. The lowest BCUT2D eigenvalue weighted by Gasteiger charge is -2.15. The standard InChI is InChI=1S/C19H20N4O3/c1-13(24)21-15-4-6-16(7-5-15)22-18(25)17-12-14(8-9-20-17)19(26)23-10-2-3-11-23/h4-9,12H,2-3,10-11H2,1H3,(H,21,24)(H,22,25). The quantitative estimate of drug-likeness (QED) is 0.884. The van der Waals surface area contributed by atoms with E-state index in [4.69, 9.17) is 0 Å². The van der Waals surface area contributed by atoms with Crippen molar-refractivity contribution in [2.24, 2.45) is 0 Å². The van der Waals surface area contributed by atoms with Crippen molar-refractivity contribution >= 4 is 29.1 Å². The van der Waals surface area contributed by atoms with Crippen LogP contribution in [0.25, 0.3) is 0 Å². The van der Waals surface area contributed by atoms with E-state index in [9.17, 15) is 14.4 Å². The topological polar surface area (TPSA) is 91.4 Å². The van der Waals surface area contributed by atoms with E-state index in [0.29, 0.717) is 16.9 Å². The number of carbonyl (C=O) groups is 3. The summed E-state index contributed by atoms with van der Waals surface area (Å²) < 4.78 is 0. The average Bonchev–Trinajstić information content (AvgIpc) is 3.17. The Morgan fingerprint density at radius 3 is 2.19 bits per heavy atom. The van der Waals surface area contributed by atoms with Crippen molar-refractivity contribution in [3.8, 4) is 0 Å². The molecule has 26 heavy (non-hydrogen) atoms. The molecule has 0 aliphatic carbocycles. The number of carbonyl (C=O) groups excluding carboxylic acids is 3. The third-order valence-electron chi connectivity index (χ3n) is 4.10. The molecule has 0 atom stereocenters. The van der Waals surface area contributed by atoms with Crippen LogP contribution in [0.3, 0.4) is 0 Å². The summed E-state index contributed by atoms with van der Waals surface area (Å²) in [7, 11) is 0. The molecule has 7 heteroatoms. The Bertz CT molecular complexity index is 827. The molecular weight excluding hydrogens is 332 g/mol. The van der Waals surface area contributed by atoms with Crippen molar-refractivity contribution in [3.63, 3.8) is 0 Å². The van der Waals surface area contributed by atoms with Crippen LogP contribution in [0, 0.1) is 0 Å². The summed E-state index contributed by atoms with van der Waals surface area (Å²) >= 11 is 0. The highest BCUT2D eigenvalue weighted by Gasteiger charge is 2.20. The minimum atomic E-state index is -0.395. The summed E-state index contributed by atoms with van der Waals surface area (Å²) in [5.74, 6) is -0.627. The SMILES string of the molecule is CC(=O)Nc1ccc(NC(=O)c2cc(C(=O)N3CCCC3)ccn2)cc1. The largest absolute Gasteiger partial charge is 0.339 e. The molecule has 1 aliphatic rings. The highest BCUT2D eigenvalue weighted by atomic mass is 16.2. The maximum absolute atomic E-state index is 12.4.